The topological polar surface area (TPSA) is 47.6 Å². The molecule has 2 aromatic carbocycles. The van der Waals surface area contributed by atoms with Gasteiger partial charge in [-0.05, 0) is 37.3 Å². The van der Waals surface area contributed by atoms with Crippen LogP contribution in [0.15, 0.2) is 36.4 Å². The molecule has 0 atom stereocenters. The average molecular weight is 354 g/mol. The van der Waals surface area contributed by atoms with Gasteiger partial charge in [-0.15, -0.1) is 0 Å². The van der Waals surface area contributed by atoms with Gasteiger partial charge in [-0.1, -0.05) is 29.3 Å². The van der Waals surface area contributed by atoms with Gasteiger partial charge in [0.15, 0.2) is 0 Å². The van der Waals surface area contributed by atoms with Crippen LogP contribution in [-0.2, 0) is 11.3 Å². The van der Waals surface area contributed by atoms with E-state index in [1.165, 1.54) is 0 Å². The van der Waals surface area contributed by atoms with Crippen LogP contribution in [0.4, 0.5) is 5.69 Å². The highest BCUT2D eigenvalue weighted by molar-refractivity contribution is 6.44. The predicted molar refractivity (Wildman–Crippen MR) is 92.7 cm³/mol. The molecule has 23 heavy (non-hydrogen) atoms. The van der Waals surface area contributed by atoms with Crippen LogP contribution in [0.25, 0.3) is 0 Å². The van der Waals surface area contributed by atoms with Gasteiger partial charge in [-0.3, -0.25) is 4.79 Å². The number of rotatable bonds is 6. The van der Waals surface area contributed by atoms with Crippen molar-refractivity contribution in [1.82, 2.24) is 0 Å². The number of carbonyl (C=O) groups excluding carboxylic acids is 1. The van der Waals surface area contributed by atoms with Crippen LogP contribution in [0, 0.1) is 0 Å². The summed E-state index contributed by atoms with van der Waals surface area (Å²) >= 11 is 12.0. The Kier molecular flexibility index (Phi) is 6.28. The maximum absolute atomic E-state index is 12.4. The van der Waals surface area contributed by atoms with Crippen molar-refractivity contribution in [2.45, 2.75) is 13.5 Å². The Morgan fingerprint density at radius 2 is 2.00 bits per heavy atom. The summed E-state index contributed by atoms with van der Waals surface area (Å²) in [7, 11) is 1.59. The number of hydrogen-bond donors (Lipinski definition) is 1. The molecule has 1 amide bonds. The molecule has 4 nitrogen and oxygen atoms in total. The second-order valence-electron chi connectivity index (χ2n) is 4.74. The van der Waals surface area contributed by atoms with Crippen molar-refractivity contribution in [1.29, 1.82) is 0 Å². The minimum absolute atomic E-state index is 0.283. The van der Waals surface area contributed by atoms with Crippen LogP contribution in [0.3, 0.4) is 0 Å². The SMILES string of the molecule is CCOc1ccc(C(=O)Nc2cccc(Cl)c2Cl)cc1COC. The van der Waals surface area contributed by atoms with E-state index in [0.29, 0.717) is 40.3 Å². The molecule has 6 heteroatoms. The molecule has 122 valence electrons. The van der Waals surface area contributed by atoms with Crippen LogP contribution in [0.5, 0.6) is 5.75 Å². The molecule has 0 aliphatic carbocycles. The summed E-state index contributed by atoms with van der Waals surface area (Å²) in [6.45, 7) is 2.80. The van der Waals surface area contributed by atoms with Crippen LogP contribution in [-0.4, -0.2) is 19.6 Å². The maximum atomic E-state index is 12.4. The number of anilines is 1. The van der Waals surface area contributed by atoms with Crippen LogP contribution in [0.1, 0.15) is 22.8 Å². The van der Waals surface area contributed by atoms with E-state index in [1.54, 1.807) is 43.5 Å². The van der Waals surface area contributed by atoms with Gasteiger partial charge in [0.2, 0.25) is 0 Å². The van der Waals surface area contributed by atoms with Crippen molar-refractivity contribution in [3.05, 3.63) is 57.6 Å². The fourth-order valence-corrected chi connectivity index (χ4v) is 2.43. The van der Waals surface area contributed by atoms with Crippen molar-refractivity contribution >= 4 is 34.8 Å². The van der Waals surface area contributed by atoms with E-state index in [-0.39, 0.29) is 5.91 Å². The Hall–Kier alpha value is -1.75. The molecule has 0 unspecified atom stereocenters. The van der Waals surface area contributed by atoms with Gasteiger partial charge in [0.25, 0.3) is 5.91 Å². The molecule has 0 saturated heterocycles. The van der Waals surface area contributed by atoms with Crippen molar-refractivity contribution in [3.8, 4) is 5.75 Å². The van der Waals surface area contributed by atoms with Crippen LogP contribution in [0.2, 0.25) is 10.0 Å². The number of halogens is 2. The zero-order valence-corrected chi connectivity index (χ0v) is 14.4. The van der Waals surface area contributed by atoms with Crippen molar-refractivity contribution in [3.63, 3.8) is 0 Å². The first-order valence-corrected chi connectivity index (χ1v) is 7.82. The Bertz CT molecular complexity index is 704. The zero-order chi connectivity index (χ0) is 16.8. The smallest absolute Gasteiger partial charge is 0.255 e. The van der Waals surface area contributed by atoms with E-state index >= 15 is 0 Å². The molecule has 0 aromatic heterocycles. The highest BCUT2D eigenvalue weighted by atomic mass is 35.5. The molecule has 0 fully saturated rings. The number of nitrogens with one attached hydrogen (secondary N) is 1. The average Bonchev–Trinajstić information content (AvgIpc) is 2.54. The lowest BCUT2D eigenvalue weighted by Crippen LogP contribution is -2.13. The van der Waals surface area contributed by atoms with Crippen molar-refractivity contribution in [2.24, 2.45) is 0 Å². The molecule has 2 rings (SSSR count). The minimum Gasteiger partial charge on any atom is -0.494 e. The molecule has 0 saturated carbocycles. The molecule has 0 radical (unpaired) electrons. The van der Waals surface area contributed by atoms with Gasteiger partial charge in [0.1, 0.15) is 5.75 Å². The second-order valence-corrected chi connectivity index (χ2v) is 5.53. The Labute approximate surface area is 145 Å². The second kappa shape index (κ2) is 8.20. The summed E-state index contributed by atoms with van der Waals surface area (Å²) in [6, 6.07) is 10.3. The van der Waals surface area contributed by atoms with Gasteiger partial charge >= 0.3 is 0 Å². The lowest BCUT2D eigenvalue weighted by molar-refractivity contribution is 0.102. The monoisotopic (exact) mass is 353 g/mol. The minimum atomic E-state index is -0.283. The summed E-state index contributed by atoms with van der Waals surface area (Å²) in [5, 5.41) is 3.45. The number of methoxy groups -OCH3 is 1. The number of benzene rings is 2. The lowest BCUT2D eigenvalue weighted by Gasteiger charge is -2.12. The van der Waals surface area contributed by atoms with E-state index < -0.39 is 0 Å². The molecule has 0 aliphatic heterocycles. The first-order chi connectivity index (χ1) is 11.1. The Balaban J connectivity index is 2.25. The summed E-state index contributed by atoms with van der Waals surface area (Å²) in [5.41, 5.74) is 1.75. The highest BCUT2D eigenvalue weighted by Crippen LogP contribution is 2.30. The van der Waals surface area contributed by atoms with E-state index in [1.807, 2.05) is 6.92 Å². The third-order valence-electron chi connectivity index (χ3n) is 3.12. The van der Waals surface area contributed by atoms with Gasteiger partial charge in [0.05, 0.1) is 28.9 Å². The van der Waals surface area contributed by atoms with Gasteiger partial charge in [-0.2, -0.15) is 0 Å². The van der Waals surface area contributed by atoms with E-state index in [9.17, 15) is 4.79 Å². The highest BCUT2D eigenvalue weighted by Gasteiger charge is 2.13. The van der Waals surface area contributed by atoms with E-state index in [4.69, 9.17) is 32.7 Å². The molecule has 0 bridgehead atoms. The first kappa shape index (κ1) is 17.6. The summed E-state index contributed by atoms with van der Waals surface area (Å²) in [4.78, 5) is 12.4. The van der Waals surface area contributed by atoms with Gasteiger partial charge in [0, 0.05) is 18.2 Å². The maximum Gasteiger partial charge on any atom is 0.255 e. The molecular weight excluding hydrogens is 337 g/mol. The molecular formula is C17H17Cl2NO3. The third kappa shape index (κ3) is 4.38. The largest absolute Gasteiger partial charge is 0.494 e. The summed E-state index contributed by atoms with van der Waals surface area (Å²) in [6.07, 6.45) is 0. The zero-order valence-electron chi connectivity index (χ0n) is 12.9. The van der Waals surface area contributed by atoms with E-state index in [2.05, 4.69) is 5.32 Å². The normalized spacial score (nSPS) is 10.4. The molecule has 0 spiro atoms. The van der Waals surface area contributed by atoms with Crippen molar-refractivity contribution < 1.29 is 14.3 Å². The summed E-state index contributed by atoms with van der Waals surface area (Å²) < 4.78 is 10.7. The lowest BCUT2D eigenvalue weighted by atomic mass is 10.1. The Morgan fingerprint density at radius 1 is 1.22 bits per heavy atom. The molecule has 0 aliphatic rings. The van der Waals surface area contributed by atoms with Crippen LogP contribution < -0.4 is 10.1 Å². The number of amides is 1. The van der Waals surface area contributed by atoms with Gasteiger partial charge in [-0.25, -0.2) is 0 Å². The summed E-state index contributed by atoms with van der Waals surface area (Å²) in [5.74, 6) is 0.418. The third-order valence-corrected chi connectivity index (χ3v) is 3.94. The number of ether oxygens (including phenoxy) is 2. The molecule has 1 N–H and O–H groups in total. The fourth-order valence-electron chi connectivity index (χ4n) is 2.08. The fraction of sp³-hybridized carbons (Fsp3) is 0.235. The standard InChI is InChI=1S/C17H17Cl2NO3/c1-3-23-15-8-7-11(9-12(15)10-22-2)17(21)20-14-6-4-5-13(18)16(14)19/h4-9H,3,10H2,1-2H3,(H,20,21). The quantitative estimate of drug-likeness (QED) is 0.811. The van der Waals surface area contributed by atoms with Gasteiger partial charge < -0.3 is 14.8 Å². The molecule has 2 aromatic rings. The first-order valence-electron chi connectivity index (χ1n) is 7.06. The molecule has 0 heterocycles. The van der Waals surface area contributed by atoms with E-state index in [0.717, 1.165) is 5.56 Å². The predicted octanol–water partition coefficient (Wildman–Crippen LogP) is 4.79. The Morgan fingerprint density at radius 3 is 2.70 bits per heavy atom. The number of carbonyl (C=O) groups is 1. The van der Waals surface area contributed by atoms with Crippen LogP contribution >= 0.6 is 23.2 Å². The number of hydrogen-bond acceptors (Lipinski definition) is 3. The van der Waals surface area contributed by atoms with Crippen molar-refractivity contribution in [2.75, 3.05) is 19.0 Å².